The Balaban J connectivity index is 1.92. The van der Waals surface area contributed by atoms with Gasteiger partial charge in [-0.2, -0.15) is 13.2 Å². The van der Waals surface area contributed by atoms with Crippen molar-refractivity contribution in [2.24, 2.45) is 0 Å². The van der Waals surface area contributed by atoms with Gasteiger partial charge in [-0.15, -0.1) is 0 Å². The number of sulfone groups is 1. The zero-order valence-electron chi connectivity index (χ0n) is 11.5. The number of aromatic nitrogens is 2. The quantitative estimate of drug-likeness (QED) is 0.846. The lowest BCUT2D eigenvalue weighted by atomic mass is 9.81. The van der Waals surface area contributed by atoms with Crippen LogP contribution in [0.15, 0.2) is 12.4 Å². The fourth-order valence-corrected chi connectivity index (χ4v) is 5.95. The van der Waals surface area contributed by atoms with Crippen molar-refractivity contribution in [1.29, 1.82) is 0 Å². The topological polar surface area (TPSA) is 80.2 Å². The highest BCUT2D eigenvalue weighted by Crippen LogP contribution is 2.45. The van der Waals surface area contributed by atoms with E-state index in [0.29, 0.717) is 12.8 Å². The summed E-state index contributed by atoms with van der Waals surface area (Å²) in [6.07, 6.45) is -1.04. The molecule has 1 aromatic heterocycles. The Kier molecular flexibility index (Phi) is 3.48. The summed E-state index contributed by atoms with van der Waals surface area (Å²) in [7, 11) is -3.26. The highest BCUT2D eigenvalue weighted by atomic mass is 32.2. The first-order valence-corrected chi connectivity index (χ1v) is 8.59. The molecule has 0 saturated carbocycles. The molecule has 2 unspecified atom stereocenters. The maximum Gasteiger partial charge on any atom is 0.451 e. The van der Waals surface area contributed by atoms with E-state index < -0.39 is 37.9 Å². The molecule has 2 aliphatic heterocycles. The maximum absolute atomic E-state index is 12.5. The van der Waals surface area contributed by atoms with Gasteiger partial charge in [-0.25, -0.2) is 18.4 Å². The van der Waals surface area contributed by atoms with Gasteiger partial charge >= 0.3 is 6.18 Å². The molecule has 3 rings (SSSR count). The van der Waals surface area contributed by atoms with Crippen molar-refractivity contribution in [2.45, 2.75) is 54.4 Å². The highest BCUT2D eigenvalue weighted by molar-refractivity contribution is 7.92. The third kappa shape index (κ3) is 2.50. The molecule has 1 aromatic rings. The van der Waals surface area contributed by atoms with Gasteiger partial charge < -0.3 is 5.11 Å². The normalized spacial score (nSPS) is 34.4. The van der Waals surface area contributed by atoms with Crippen LogP contribution >= 0.6 is 0 Å². The molecule has 2 fully saturated rings. The average molecular weight is 336 g/mol. The number of nitrogens with zero attached hydrogens (tertiary/aromatic N) is 2. The van der Waals surface area contributed by atoms with E-state index in [2.05, 4.69) is 9.97 Å². The zero-order chi connectivity index (χ0) is 16.2. The number of halogens is 3. The van der Waals surface area contributed by atoms with Crippen LogP contribution in [0, 0.1) is 0 Å². The van der Waals surface area contributed by atoms with E-state index in [1.165, 1.54) is 0 Å². The van der Waals surface area contributed by atoms with Crippen molar-refractivity contribution < 1.29 is 26.7 Å². The van der Waals surface area contributed by atoms with Crippen LogP contribution in [-0.2, 0) is 21.6 Å². The second-order valence-electron chi connectivity index (χ2n) is 6.00. The summed E-state index contributed by atoms with van der Waals surface area (Å²) in [6.45, 7) is 0. The maximum atomic E-state index is 12.5. The second kappa shape index (κ2) is 4.89. The van der Waals surface area contributed by atoms with Crippen LogP contribution in [0.1, 0.15) is 43.5 Å². The van der Waals surface area contributed by atoms with Crippen molar-refractivity contribution in [3.63, 3.8) is 0 Å². The van der Waals surface area contributed by atoms with Gasteiger partial charge in [-0.05, 0) is 25.7 Å². The molecule has 3 heterocycles. The minimum Gasteiger partial charge on any atom is -0.385 e. The largest absolute Gasteiger partial charge is 0.451 e. The summed E-state index contributed by atoms with van der Waals surface area (Å²) in [4.78, 5) is 6.51. The summed E-state index contributed by atoms with van der Waals surface area (Å²) in [6, 6.07) is 0. The van der Waals surface area contributed by atoms with E-state index in [1.54, 1.807) is 0 Å². The van der Waals surface area contributed by atoms with Crippen LogP contribution in [0.5, 0.6) is 0 Å². The lowest BCUT2D eigenvalue weighted by Crippen LogP contribution is -2.50. The molecule has 1 N–H and O–H groups in total. The summed E-state index contributed by atoms with van der Waals surface area (Å²) in [5, 5.41) is 9.46. The van der Waals surface area contributed by atoms with Gasteiger partial charge in [0, 0.05) is 18.0 Å². The van der Waals surface area contributed by atoms with Crippen molar-refractivity contribution in [3.8, 4) is 0 Å². The van der Waals surface area contributed by atoms with E-state index in [1.807, 2.05) is 0 Å². The minimum absolute atomic E-state index is 0.0133. The standard InChI is InChI=1S/C13H15F3N2O3S/c14-13(15,16)11-17-6-8(7-18-11)12(19)4-9-2-1-3-10(5-12)22(9,20)21/h6-7,9-10,19H,1-5H2. The van der Waals surface area contributed by atoms with Crippen LogP contribution < -0.4 is 0 Å². The van der Waals surface area contributed by atoms with Gasteiger partial charge in [0.25, 0.3) is 0 Å². The first kappa shape index (κ1) is 15.7. The third-order valence-electron chi connectivity index (χ3n) is 4.55. The van der Waals surface area contributed by atoms with Crippen molar-refractivity contribution in [3.05, 3.63) is 23.8 Å². The average Bonchev–Trinajstić information content (AvgIpc) is 2.40. The monoisotopic (exact) mass is 336 g/mol. The van der Waals surface area contributed by atoms with E-state index in [4.69, 9.17) is 0 Å². The van der Waals surface area contributed by atoms with Gasteiger partial charge in [-0.1, -0.05) is 6.42 Å². The molecule has 2 bridgehead atoms. The number of alkyl halides is 3. The summed E-state index contributed by atoms with van der Waals surface area (Å²) in [5.74, 6) is -1.27. The van der Waals surface area contributed by atoms with E-state index in [9.17, 15) is 26.7 Å². The molecule has 2 aliphatic rings. The minimum atomic E-state index is -4.65. The second-order valence-corrected chi connectivity index (χ2v) is 8.51. The Bertz CT molecular complexity index is 653. The Hall–Kier alpha value is -1.22. The van der Waals surface area contributed by atoms with Crippen LogP contribution in [0.4, 0.5) is 13.2 Å². The molecule has 5 nitrogen and oxygen atoms in total. The first-order chi connectivity index (χ1) is 10.1. The van der Waals surface area contributed by atoms with Crippen molar-refractivity contribution in [1.82, 2.24) is 9.97 Å². The predicted molar refractivity (Wildman–Crippen MR) is 70.5 cm³/mol. The Morgan fingerprint density at radius 2 is 1.64 bits per heavy atom. The number of hydrogen-bond acceptors (Lipinski definition) is 5. The number of aliphatic hydroxyl groups is 1. The van der Waals surface area contributed by atoms with Gasteiger partial charge in [0.2, 0.25) is 5.82 Å². The van der Waals surface area contributed by atoms with Crippen LogP contribution in [0.3, 0.4) is 0 Å². The molecule has 9 heteroatoms. The van der Waals surface area contributed by atoms with Gasteiger partial charge in [0.1, 0.15) is 0 Å². The molecule has 0 spiro atoms. The summed E-state index contributed by atoms with van der Waals surface area (Å²) < 4.78 is 61.9. The van der Waals surface area contributed by atoms with Crippen LogP contribution in [0.25, 0.3) is 0 Å². The first-order valence-electron chi connectivity index (χ1n) is 6.98. The lowest BCUT2D eigenvalue weighted by Gasteiger charge is -2.43. The molecule has 0 amide bonds. The van der Waals surface area contributed by atoms with Crippen molar-refractivity contribution in [2.75, 3.05) is 0 Å². The van der Waals surface area contributed by atoms with Gasteiger partial charge in [0.05, 0.1) is 16.1 Å². The molecule has 122 valence electrons. The van der Waals surface area contributed by atoms with Crippen LogP contribution in [-0.4, -0.2) is 34.0 Å². The molecular weight excluding hydrogens is 321 g/mol. The fourth-order valence-electron chi connectivity index (χ4n) is 3.40. The molecule has 0 radical (unpaired) electrons. The smallest absolute Gasteiger partial charge is 0.385 e. The lowest BCUT2D eigenvalue weighted by molar-refractivity contribution is -0.145. The number of fused-ring (bicyclic) bond motifs is 2. The SMILES string of the molecule is O=S1(=O)C2CCCC1CC(O)(c1cnc(C(F)(F)F)nc1)C2. The Labute approximate surface area is 125 Å². The Morgan fingerprint density at radius 3 is 2.09 bits per heavy atom. The molecule has 22 heavy (non-hydrogen) atoms. The summed E-state index contributed by atoms with van der Waals surface area (Å²) >= 11 is 0. The molecule has 0 aromatic carbocycles. The van der Waals surface area contributed by atoms with Crippen molar-refractivity contribution >= 4 is 9.84 Å². The van der Waals surface area contributed by atoms with E-state index in [-0.39, 0.29) is 18.4 Å². The van der Waals surface area contributed by atoms with Gasteiger partial charge in [-0.3, -0.25) is 0 Å². The zero-order valence-corrected chi connectivity index (χ0v) is 12.4. The molecule has 2 saturated heterocycles. The molecule has 0 aliphatic carbocycles. The third-order valence-corrected chi connectivity index (χ3v) is 7.22. The molecular formula is C13H15F3N2O3S. The Morgan fingerprint density at radius 1 is 1.14 bits per heavy atom. The predicted octanol–water partition coefficient (Wildman–Crippen LogP) is 1.81. The number of rotatable bonds is 1. The molecule has 2 atom stereocenters. The van der Waals surface area contributed by atoms with E-state index >= 15 is 0 Å². The van der Waals surface area contributed by atoms with Gasteiger partial charge in [0.15, 0.2) is 9.84 Å². The fraction of sp³-hybridized carbons (Fsp3) is 0.692. The van der Waals surface area contributed by atoms with Crippen LogP contribution in [0.2, 0.25) is 0 Å². The summed E-state index contributed by atoms with van der Waals surface area (Å²) in [5.41, 5.74) is -1.34. The highest BCUT2D eigenvalue weighted by Gasteiger charge is 2.51. The number of hydrogen-bond donors (Lipinski definition) is 1. The van der Waals surface area contributed by atoms with E-state index in [0.717, 1.165) is 18.8 Å².